The van der Waals surface area contributed by atoms with Crippen molar-refractivity contribution in [3.63, 3.8) is 0 Å². The summed E-state index contributed by atoms with van der Waals surface area (Å²) in [5.74, 6) is 1.59. The van der Waals surface area contributed by atoms with Crippen molar-refractivity contribution in [3.8, 4) is 5.75 Å². The van der Waals surface area contributed by atoms with Crippen molar-refractivity contribution < 1.29 is 9.47 Å². The molecule has 0 fully saturated rings. The highest BCUT2D eigenvalue weighted by Gasteiger charge is 2.05. The Hall–Kier alpha value is -1.06. The van der Waals surface area contributed by atoms with Gasteiger partial charge >= 0.3 is 0 Å². The van der Waals surface area contributed by atoms with Crippen LogP contribution in [0, 0.1) is 5.92 Å². The average Bonchev–Trinajstić information content (AvgIpc) is 2.41. The lowest BCUT2D eigenvalue weighted by molar-refractivity contribution is 0.0331. The largest absolute Gasteiger partial charge is 0.491 e. The van der Waals surface area contributed by atoms with Crippen molar-refractivity contribution >= 4 is 0 Å². The first-order valence-corrected chi connectivity index (χ1v) is 8.04. The summed E-state index contributed by atoms with van der Waals surface area (Å²) in [6.07, 6.45) is 1.39. The van der Waals surface area contributed by atoms with Crippen LogP contribution in [0.3, 0.4) is 0 Å². The van der Waals surface area contributed by atoms with Crippen molar-refractivity contribution in [1.29, 1.82) is 0 Å². The molecule has 1 rings (SSSR count). The average molecular weight is 293 g/mol. The van der Waals surface area contributed by atoms with E-state index in [4.69, 9.17) is 9.47 Å². The minimum absolute atomic E-state index is 0.301. The number of nitrogens with one attached hydrogen (secondary N) is 1. The molecule has 0 saturated heterocycles. The number of hydrogen-bond donors (Lipinski definition) is 1. The van der Waals surface area contributed by atoms with Gasteiger partial charge in [-0.05, 0) is 37.0 Å². The molecule has 1 N–H and O–H groups in total. The molecule has 3 heteroatoms. The number of hydrogen-bond acceptors (Lipinski definition) is 3. The highest BCUT2D eigenvalue weighted by Crippen LogP contribution is 2.13. The van der Waals surface area contributed by atoms with Crippen molar-refractivity contribution in [2.24, 2.45) is 5.92 Å². The third-order valence-corrected chi connectivity index (χ3v) is 3.17. The molecule has 0 radical (unpaired) electrons. The molecule has 21 heavy (non-hydrogen) atoms. The van der Waals surface area contributed by atoms with Gasteiger partial charge in [-0.15, -0.1) is 0 Å². The van der Waals surface area contributed by atoms with Crippen LogP contribution in [0.25, 0.3) is 0 Å². The van der Waals surface area contributed by atoms with Crippen LogP contribution in [0.15, 0.2) is 24.3 Å². The van der Waals surface area contributed by atoms with Crippen molar-refractivity contribution in [2.75, 3.05) is 13.2 Å². The zero-order valence-corrected chi connectivity index (χ0v) is 14.2. The van der Waals surface area contributed by atoms with Crippen molar-refractivity contribution in [1.82, 2.24) is 5.32 Å². The lowest BCUT2D eigenvalue weighted by Gasteiger charge is -2.15. The Morgan fingerprint density at radius 1 is 1.05 bits per heavy atom. The van der Waals surface area contributed by atoms with Gasteiger partial charge < -0.3 is 14.8 Å². The van der Waals surface area contributed by atoms with E-state index in [-0.39, 0.29) is 0 Å². The zero-order valence-electron chi connectivity index (χ0n) is 14.2. The second kappa shape index (κ2) is 9.80. The molecule has 0 heterocycles. The third kappa shape index (κ3) is 8.74. The Morgan fingerprint density at radius 2 is 1.81 bits per heavy atom. The fraction of sp³-hybridized carbons (Fsp3) is 0.667. The SMILES string of the molecule is CC(C)CC(C)OCCOc1cccc(CNC(C)C)c1. The first kappa shape index (κ1) is 18.0. The molecule has 1 atom stereocenters. The fourth-order valence-electron chi connectivity index (χ4n) is 2.21. The minimum atomic E-state index is 0.301. The maximum absolute atomic E-state index is 5.76. The Balaban J connectivity index is 2.27. The maximum atomic E-state index is 5.76. The molecule has 0 aromatic heterocycles. The van der Waals surface area contributed by atoms with Crippen molar-refractivity contribution in [2.45, 2.75) is 59.7 Å². The molecule has 0 aliphatic heterocycles. The number of rotatable bonds is 10. The van der Waals surface area contributed by atoms with Crippen LogP contribution in [0.4, 0.5) is 0 Å². The smallest absolute Gasteiger partial charge is 0.119 e. The quantitative estimate of drug-likeness (QED) is 0.661. The standard InChI is InChI=1S/C18H31NO2/c1-14(2)11-16(5)20-9-10-21-18-8-6-7-17(12-18)13-19-15(3)4/h6-8,12,14-16,19H,9-11,13H2,1-5H3. The van der Waals surface area contributed by atoms with Gasteiger partial charge in [0, 0.05) is 12.6 Å². The highest BCUT2D eigenvalue weighted by atomic mass is 16.5. The van der Waals surface area contributed by atoms with Crippen LogP contribution < -0.4 is 10.1 Å². The Kier molecular flexibility index (Phi) is 8.40. The lowest BCUT2D eigenvalue weighted by atomic mass is 10.1. The summed E-state index contributed by atoms with van der Waals surface area (Å²) in [6, 6.07) is 8.73. The first-order valence-electron chi connectivity index (χ1n) is 8.04. The molecular weight excluding hydrogens is 262 g/mol. The molecule has 0 amide bonds. The van der Waals surface area contributed by atoms with Gasteiger partial charge in [0.1, 0.15) is 12.4 Å². The van der Waals surface area contributed by atoms with E-state index < -0.39 is 0 Å². The van der Waals surface area contributed by atoms with Crippen LogP contribution in [-0.2, 0) is 11.3 Å². The summed E-state index contributed by atoms with van der Waals surface area (Å²) in [5, 5.41) is 3.41. The van der Waals surface area contributed by atoms with Crippen molar-refractivity contribution in [3.05, 3.63) is 29.8 Å². The lowest BCUT2D eigenvalue weighted by Crippen LogP contribution is -2.21. The van der Waals surface area contributed by atoms with E-state index in [9.17, 15) is 0 Å². The molecule has 1 aromatic carbocycles. The first-order chi connectivity index (χ1) is 9.97. The molecule has 1 unspecified atom stereocenters. The predicted octanol–water partition coefficient (Wildman–Crippen LogP) is 4.01. The van der Waals surface area contributed by atoms with E-state index in [1.165, 1.54) is 5.56 Å². The minimum Gasteiger partial charge on any atom is -0.491 e. The van der Waals surface area contributed by atoms with Crippen LogP contribution in [0.2, 0.25) is 0 Å². The Bertz CT molecular complexity index is 391. The summed E-state index contributed by atoms with van der Waals surface area (Å²) in [5.41, 5.74) is 1.25. The maximum Gasteiger partial charge on any atom is 0.119 e. The second-order valence-electron chi connectivity index (χ2n) is 6.34. The van der Waals surface area contributed by atoms with Crippen LogP contribution in [-0.4, -0.2) is 25.4 Å². The van der Waals surface area contributed by atoms with E-state index in [1.54, 1.807) is 0 Å². The van der Waals surface area contributed by atoms with Crippen LogP contribution in [0.1, 0.15) is 46.6 Å². The van der Waals surface area contributed by atoms with E-state index in [0.29, 0.717) is 31.3 Å². The normalized spacial score (nSPS) is 12.9. The summed E-state index contributed by atoms with van der Waals surface area (Å²) in [6.45, 7) is 13.0. The highest BCUT2D eigenvalue weighted by molar-refractivity contribution is 5.28. The number of ether oxygens (including phenoxy) is 2. The molecule has 3 nitrogen and oxygen atoms in total. The fourth-order valence-corrected chi connectivity index (χ4v) is 2.21. The summed E-state index contributed by atoms with van der Waals surface area (Å²) in [4.78, 5) is 0. The monoisotopic (exact) mass is 293 g/mol. The van der Waals surface area contributed by atoms with E-state index in [1.807, 2.05) is 12.1 Å². The molecular formula is C18H31NO2. The van der Waals surface area contributed by atoms with Gasteiger partial charge in [0.25, 0.3) is 0 Å². The molecule has 0 bridgehead atoms. The van der Waals surface area contributed by atoms with Gasteiger partial charge in [0.2, 0.25) is 0 Å². The topological polar surface area (TPSA) is 30.5 Å². The van der Waals surface area contributed by atoms with E-state index in [2.05, 4.69) is 52.1 Å². The van der Waals surface area contributed by atoms with Gasteiger partial charge in [-0.25, -0.2) is 0 Å². The summed E-state index contributed by atoms with van der Waals surface area (Å²) >= 11 is 0. The van der Waals surface area contributed by atoms with Gasteiger partial charge in [-0.1, -0.05) is 39.8 Å². The number of benzene rings is 1. The molecule has 0 aliphatic rings. The van der Waals surface area contributed by atoms with Gasteiger partial charge in [0.05, 0.1) is 12.7 Å². The summed E-state index contributed by atoms with van der Waals surface area (Å²) < 4.78 is 11.5. The van der Waals surface area contributed by atoms with Gasteiger partial charge in [-0.3, -0.25) is 0 Å². The van der Waals surface area contributed by atoms with Crippen LogP contribution in [0.5, 0.6) is 5.75 Å². The third-order valence-electron chi connectivity index (χ3n) is 3.17. The second-order valence-corrected chi connectivity index (χ2v) is 6.34. The molecule has 120 valence electrons. The van der Waals surface area contributed by atoms with Gasteiger partial charge in [0.15, 0.2) is 0 Å². The molecule has 0 saturated carbocycles. The van der Waals surface area contributed by atoms with Gasteiger partial charge in [-0.2, -0.15) is 0 Å². The zero-order chi connectivity index (χ0) is 15.7. The van der Waals surface area contributed by atoms with E-state index in [0.717, 1.165) is 18.7 Å². The Labute approximate surface area is 130 Å². The predicted molar refractivity (Wildman–Crippen MR) is 88.8 cm³/mol. The molecule has 0 aliphatic carbocycles. The van der Waals surface area contributed by atoms with Crippen LogP contribution >= 0.6 is 0 Å². The molecule has 0 spiro atoms. The van der Waals surface area contributed by atoms with E-state index >= 15 is 0 Å². The summed E-state index contributed by atoms with van der Waals surface area (Å²) in [7, 11) is 0. The Morgan fingerprint density at radius 3 is 2.48 bits per heavy atom. The molecule has 1 aromatic rings.